The lowest BCUT2D eigenvalue weighted by Gasteiger charge is -2.32. The Balaban J connectivity index is 1.64. The van der Waals surface area contributed by atoms with Crippen LogP contribution in [0.3, 0.4) is 0 Å². The van der Waals surface area contributed by atoms with Crippen molar-refractivity contribution in [2.45, 2.75) is 36.3 Å². The standard InChI is InChI=1S/C22H23ClF2N2O5S/c1-13-10-32-12-22(29,15-3-4-15)11-27(13)33(30,31)20-8-14(2-6-19(20)25)21(28)26-16-5-7-18(24)17(23)9-16/h2,5-9,13,15,29H,3-4,10-12H2,1H3,(H,26,28). The lowest BCUT2D eigenvalue weighted by Crippen LogP contribution is -2.50. The van der Waals surface area contributed by atoms with Gasteiger partial charge >= 0.3 is 0 Å². The van der Waals surface area contributed by atoms with Gasteiger partial charge in [0.15, 0.2) is 0 Å². The number of rotatable bonds is 5. The highest BCUT2D eigenvalue weighted by Crippen LogP contribution is 2.42. The molecule has 2 atom stereocenters. The monoisotopic (exact) mass is 500 g/mol. The molecule has 0 radical (unpaired) electrons. The molecular weight excluding hydrogens is 478 g/mol. The van der Waals surface area contributed by atoms with Gasteiger partial charge in [0, 0.05) is 23.8 Å². The molecule has 0 bridgehead atoms. The van der Waals surface area contributed by atoms with E-state index in [4.69, 9.17) is 16.3 Å². The summed E-state index contributed by atoms with van der Waals surface area (Å²) in [6.07, 6.45) is 1.53. The van der Waals surface area contributed by atoms with Crippen LogP contribution in [0.5, 0.6) is 0 Å². The molecule has 33 heavy (non-hydrogen) atoms. The van der Waals surface area contributed by atoms with Crippen LogP contribution in [-0.4, -0.2) is 55.1 Å². The highest BCUT2D eigenvalue weighted by molar-refractivity contribution is 7.89. The first-order valence-electron chi connectivity index (χ1n) is 10.4. The number of hydrogen-bond donors (Lipinski definition) is 2. The van der Waals surface area contributed by atoms with Crippen molar-refractivity contribution in [3.63, 3.8) is 0 Å². The second-order valence-electron chi connectivity index (χ2n) is 8.52. The number of benzene rings is 2. The molecule has 0 aromatic heterocycles. The summed E-state index contributed by atoms with van der Waals surface area (Å²) in [6, 6.07) is 5.89. The average molecular weight is 501 g/mol. The number of nitrogens with zero attached hydrogens (tertiary/aromatic N) is 1. The van der Waals surface area contributed by atoms with Gasteiger partial charge in [-0.15, -0.1) is 0 Å². The maximum absolute atomic E-state index is 14.7. The number of carbonyl (C=O) groups excluding carboxylic acids is 1. The van der Waals surface area contributed by atoms with E-state index in [1.807, 2.05) is 0 Å². The van der Waals surface area contributed by atoms with E-state index in [2.05, 4.69) is 5.32 Å². The predicted octanol–water partition coefficient (Wildman–Crippen LogP) is 3.42. The number of amides is 1. The van der Waals surface area contributed by atoms with E-state index in [1.165, 1.54) is 12.1 Å². The SMILES string of the molecule is CC1COCC(O)(C2CC2)CN1S(=O)(=O)c1cc(C(=O)Nc2ccc(F)c(Cl)c2)ccc1F. The molecule has 1 saturated carbocycles. The number of nitrogens with one attached hydrogen (secondary N) is 1. The lowest BCUT2D eigenvalue weighted by molar-refractivity contribution is -0.0479. The maximum Gasteiger partial charge on any atom is 0.255 e. The van der Waals surface area contributed by atoms with Gasteiger partial charge < -0.3 is 15.2 Å². The molecule has 1 saturated heterocycles. The number of ether oxygens (including phenoxy) is 1. The summed E-state index contributed by atoms with van der Waals surface area (Å²) in [5, 5.41) is 13.3. The van der Waals surface area contributed by atoms with Crippen molar-refractivity contribution >= 4 is 33.2 Å². The summed E-state index contributed by atoms with van der Waals surface area (Å²) >= 11 is 5.72. The number of aliphatic hydroxyl groups is 1. The van der Waals surface area contributed by atoms with E-state index in [-0.39, 0.29) is 41.9 Å². The molecule has 1 aliphatic carbocycles. The molecule has 2 unspecified atom stereocenters. The Morgan fingerprint density at radius 1 is 1.21 bits per heavy atom. The zero-order valence-electron chi connectivity index (χ0n) is 17.7. The van der Waals surface area contributed by atoms with Crippen molar-refractivity contribution in [1.29, 1.82) is 0 Å². The Kier molecular flexibility index (Phi) is 6.49. The van der Waals surface area contributed by atoms with Crippen LogP contribution in [0.2, 0.25) is 5.02 Å². The summed E-state index contributed by atoms with van der Waals surface area (Å²) < 4.78 is 61.5. The third kappa shape index (κ3) is 4.90. The Bertz CT molecular complexity index is 1190. The molecule has 2 N–H and O–H groups in total. The van der Waals surface area contributed by atoms with Gasteiger partial charge in [-0.2, -0.15) is 4.31 Å². The first-order valence-corrected chi connectivity index (χ1v) is 12.2. The Morgan fingerprint density at radius 3 is 2.58 bits per heavy atom. The fourth-order valence-electron chi connectivity index (χ4n) is 3.90. The number of anilines is 1. The zero-order valence-corrected chi connectivity index (χ0v) is 19.3. The van der Waals surface area contributed by atoms with Crippen molar-refractivity contribution in [3.05, 3.63) is 58.6 Å². The number of hydrogen-bond acceptors (Lipinski definition) is 5. The maximum atomic E-state index is 14.7. The molecule has 0 spiro atoms. The highest BCUT2D eigenvalue weighted by Gasteiger charge is 2.49. The molecule has 2 aliphatic rings. The van der Waals surface area contributed by atoms with E-state index in [1.54, 1.807) is 6.92 Å². The molecular formula is C22H23ClF2N2O5S. The molecule has 178 valence electrons. The minimum atomic E-state index is -4.42. The van der Waals surface area contributed by atoms with Crippen LogP contribution in [0.1, 0.15) is 30.1 Å². The smallest absolute Gasteiger partial charge is 0.255 e. The summed E-state index contributed by atoms with van der Waals surface area (Å²) in [6.45, 7) is 1.43. The number of sulfonamides is 1. The van der Waals surface area contributed by atoms with E-state index in [0.29, 0.717) is 0 Å². The van der Waals surface area contributed by atoms with Gasteiger partial charge in [-0.1, -0.05) is 11.6 Å². The summed E-state index contributed by atoms with van der Waals surface area (Å²) in [5.41, 5.74) is -1.29. The van der Waals surface area contributed by atoms with Gasteiger partial charge in [0.2, 0.25) is 10.0 Å². The van der Waals surface area contributed by atoms with Gasteiger partial charge in [0.25, 0.3) is 5.91 Å². The average Bonchev–Trinajstić information content (AvgIpc) is 3.61. The lowest BCUT2D eigenvalue weighted by atomic mass is 9.99. The van der Waals surface area contributed by atoms with E-state index in [9.17, 15) is 27.1 Å². The van der Waals surface area contributed by atoms with Crippen molar-refractivity contribution in [2.24, 2.45) is 5.92 Å². The predicted molar refractivity (Wildman–Crippen MR) is 118 cm³/mol. The zero-order chi connectivity index (χ0) is 24.0. The largest absolute Gasteiger partial charge is 0.386 e. The Hall–Kier alpha value is -2.11. The van der Waals surface area contributed by atoms with Gasteiger partial charge in [0.05, 0.1) is 18.2 Å². The van der Waals surface area contributed by atoms with E-state index >= 15 is 0 Å². The first-order chi connectivity index (χ1) is 15.5. The van der Waals surface area contributed by atoms with Crippen molar-refractivity contribution in [2.75, 3.05) is 25.1 Å². The fourth-order valence-corrected chi connectivity index (χ4v) is 5.85. The number of halogens is 3. The Morgan fingerprint density at radius 2 is 1.91 bits per heavy atom. The van der Waals surface area contributed by atoms with Crippen LogP contribution in [0, 0.1) is 17.6 Å². The summed E-state index contributed by atoms with van der Waals surface area (Å²) in [5.74, 6) is -2.49. The first kappa shape index (κ1) is 24.0. The fraction of sp³-hybridized carbons (Fsp3) is 0.409. The summed E-state index contributed by atoms with van der Waals surface area (Å²) in [7, 11) is -4.42. The number of β-amino-alcohol motifs (C(OH)–C–C–N with tert-alkyl or cyclic N) is 1. The molecule has 1 amide bonds. The summed E-state index contributed by atoms with van der Waals surface area (Å²) in [4.78, 5) is 12.0. The van der Waals surface area contributed by atoms with Crippen LogP contribution in [-0.2, 0) is 14.8 Å². The van der Waals surface area contributed by atoms with Crippen molar-refractivity contribution in [1.82, 2.24) is 4.31 Å². The third-order valence-corrected chi connectivity index (χ3v) is 8.19. The molecule has 1 aliphatic heterocycles. The van der Waals surface area contributed by atoms with E-state index < -0.39 is 44.1 Å². The third-order valence-electron chi connectivity index (χ3n) is 5.93. The molecule has 2 aromatic rings. The molecule has 1 heterocycles. The second kappa shape index (κ2) is 8.92. The highest BCUT2D eigenvalue weighted by atomic mass is 35.5. The van der Waals surface area contributed by atoms with Gasteiger partial charge in [-0.3, -0.25) is 4.79 Å². The van der Waals surface area contributed by atoms with Crippen LogP contribution >= 0.6 is 11.6 Å². The topological polar surface area (TPSA) is 95.9 Å². The molecule has 4 rings (SSSR count). The van der Waals surface area contributed by atoms with Crippen LogP contribution in [0.4, 0.5) is 14.5 Å². The normalized spacial score (nSPS) is 24.3. The Labute approximate surface area is 195 Å². The van der Waals surface area contributed by atoms with Gasteiger partial charge in [-0.05, 0) is 62.1 Å². The quantitative estimate of drug-likeness (QED) is 0.656. The van der Waals surface area contributed by atoms with Crippen molar-refractivity contribution in [3.8, 4) is 0 Å². The number of carbonyl (C=O) groups is 1. The van der Waals surface area contributed by atoms with E-state index in [0.717, 1.165) is 41.4 Å². The molecule has 2 fully saturated rings. The second-order valence-corrected chi connectivity index (χ2v) is 10.8. The molecule has 11 heteroatoms. The van der Waals surface area contributed by atoms with Gasteiger partial charge in [0.1, 0.15) is 22.1 Å². The van der Waals surface area contributed by atoms with Crippen LogP contribution in [0.15, 0.2) is 41.3 Å². The van der Waals surface area contributed by atoms with Crippen molar-refractivity contribution < 1.29 is 31.8 Å². The van der Waals surface area contributed by atoms with Crippen LogP contribution < -0.4 is 5.32 Å². The molecule has 7 nitrogen and oxygen atoms in total. The minimum Gasteiger partial charge on any atom is -0.386 e. The van der Waals surface area contributed by atoms with Crippen LogP contribution in [0.25, 0.3) is 0 Å². The van der Waals surface area contributed by atoms with Gasteiger partial charge in [-0.25, -0.2) is 17.2 Å². The minimum absolute atomic E-state index is 0.000810. The molecule has 2 aromatic carbocycles.